The number of aromatic nitrogens is 1. The van der Waals surface area contributed by atoms with Gasteiger partial charge in [0.15, 0.2) is 0 Å². The number of nitrogen functional groups attached to an aromatic ring is 1. The van der Waals surface area contributed by atoms with Crippen LogP contribution >= 0.6 is 0 Å². The van der Waals surface area contributed by atoms with E-state index in [9.17, 15) is 0 Å². The standard InChI is InChI=1S/C9H14N2O2/c1-12-3-2-4-13-9-5-8(10)6-11-7-9/h5-7H,2-4,10H2,1H3. The molecule has 2 N–H and O–H groups in total. The summed E-state index contributed by atoms with van der Waals surface area (Å²) in [4.78, 5) is 3.90. The molecule has 0 amide bonds. The summed E-state index contributed by atoms with van der Waals surface area (Å²) in [6, 6.07) is 1.75. The summed E-state index contributed by atoms with van der Waals surface area (Å²) in [5.74, 6) is 0.705. The molecule has 1 aromatic heterocycles. The van der Waals surface area contributed by atoms with Crippen LogP contribution in [0.15, 0.2) is 18.5 Å². The Hall–Kier alpha value is -1.29. The molecule has 0 aromatic carbocycles. The van der Waals surface area contributed by atoms with Crippen molar-refractivity contribution < 1.29 is 9.47 Å². The molecule has 1 aromatic rings. The second-order valence-corrected chi connectivity index (χ2v) is 2.65. The molecule has 0 atom stereocenters. The molecule has 13 heavy (non-hydrogen) atoms. The average molecular weight is 182 g/mol. The summed E-state index contributed by atoms with van der Waals surface area (Å²) in [5, 5.41) is 0. The first-order valence-corrected chi connectivity index (χ1v) is 4.15. The normalized spacial score (nSPS) is 9.92. The average Bonchev–Trinajstić information content (AvgIpc) is 2.13. The maximum Gasteiger partial charge on any atom is 0.139 e. The Bertz CT molecular complexity index is 253. The molecular weight excluding hydrogens is 168 g/mol. The lowest BCUT2D eigenvalue weighted by Gasteiger charge is -2.05. The fraction of sp³-hybridized carbons (Fsp3) is 0.444. The van der Waals surface area contributed by atoms with Gasteiger partial charge in [-0.15, -0.1) is 0 Å². The summed E-state index contributed by atoms with van der Waals surface area (Å²) in [5.41, 5.74) is 6.14. The minimum absolute atomic E-state index is 0.615. The molecule has 4 heteroatoms. The van der Waals surface area contributed by atoms with Crippen molar-refractivity contribution in [2.24, 2.45) is 0 Å². The Morgan fingerprint density at radius 3 is 2.92 bits per heavy atom. The van der Waals surface area contributed by atoms with Crippen molar-refractivity contribution in [1.82, 2.24) is 4.98 Å². The van der Waals surface area contributed by atoms with Crippen LogP contribution in [0.2, 0.25) is 0 Å². The Morgan fingerprint density at radius 1 is 1.38 bits per heavy atom. The van der Waals surface area contributed by atoms with Gasteiger partial charge in [0.05, 0.1) is 24.7 Å². The Labute approximate surface area is 77.7 Å². The monoisotopic (exact) mass is 182 g/mol. The van der Waals surface area contributed by atoms with Gasteiger partial charge in [-0.3, -0.25) is 4.98 Å². The second-order valence-electron chi connectivity index (χ2n) is 2.65. The molecule has 1 heterocycles. The first-order chi connectivity index (χ1) is 6.33. The van der Waals surface area contributed by atoms with Crippen LogP contribution in [0.25, 0.3) is 0 Å². The summed E-state index contributed by atoms with van der Waals surface area (Å²) in [6.45, 7) is 1.33. The first kappa shape index (κ1) is 9.80. The van der Waals surface area contributed by atoms with Crippen LogP contribution in [-0.4, -0.2) is 25.3 Å². The molecule has 0 saturated carbocycles. The van der Waals surface area contributed by atoms with Gasteiger partial charge >= 0.3 is 0 Å². The minimum Gasteiger partial charge on any atom is -0.492 e. The van der Waals surface area contributed by atoms with Crippen LogP contribution in [0.4, 0.5) is 5.69 Å². The summed E-state index contributed by atoms with van der Waals surface area (Å²) < 4.78 is 10.2. The molecule has 0 bridgehead atoms. The maximum absolute atomic E-state index is 5.52. The molecule has 0 fully saturated rings. The molecule has 0 aliphatic carbocycles. The van der Waals surface area contributed by atoms with E-state index in [1.807, 2.05) is 0 Å². The number of rotatable bonds is 5. The van der Waals surface area contributed by atoms with E-state index in [-0.39, 0.29) is 0 Å². The van der Waals surface area contributed by atoms with Crippen molar-refractivity contribution in [1.29, 1.82) is 0 Å². The molecule has 1 rings (SSSR count). The van der Waals surface area contributed by atoms with Crippen LogP contribution in [0.1, 0.15) is 6.42 Å². The highest BCUT2D eigenvalue weighted by Gasteiger charge is 1.94. The molecule has 0 unspecified atom stereocenters. The largest absolute Gasteiger partial charge is 0.492 e. The van der Waals surface area contributed by atoms with E-state index in [1.165, 1.54) is 0 Å². The third-order valence-electron chi connectivity index (χ3n) is 1.50. The van der Waals surface area contributed by atoms with Crippen molar-refractivity contribution in [2.45, 2.75) is 6.42 Å². The highest BCUT2D eigenvalue weighted by molar-refractivity contribution is 5.39. The van der Waals surface area contributed by atoms with Gasteiger partial charge in [-0.2, -0.15) is 0 Å². The van der Waals surface area contributed by atoms with Gasteiger partial charge < -0.3 is 15.2 Å². The van der Waals surface area contributed by atoms with Crippen LogP contribution in [-0.2, 0) is 4.74 Å². The van der Waals surface area contributed by atoms with E-state index < -0.39 is 0 Å². The third kappa shape index (κ3) is 3.75. The van der Waals surface area contributed by atoms with Gasteiger partial charge in [-0.05, 0) is 0 Å². The summed E-state index contributed by atoms with van der Waals surface area (Å²) in [7, 11) is 1.67. The zero-order valence-corrected chi connectivity index (χ0v) is 7.69. The van der Waals surface area contributed by atoms with E-state index in [0.29, 0.717) is 24.7 Å². The van der Waals surface area contributed by atoms with Crippen molar-refractivity contribution in [2.75, 3.05) is 26.1 Å². The molecule has 0 radical (unpaired) electrons. The number of hydrogen-bond acceptors (Lipinski definition) is 4. The molecule has 0 aliphatic heterocycles. The predicted molar refractivity (Wildman–Crippen MR) is 50.6 cm³/mol. The Kier molecular flexibility index (Phi) is 4.05. The van der Waals surface area contributed by atoms with E-state index in [1.54, 1.807) is 25.6 Å². The van der Waals surface area contributed by atoms with E-state index in [2.05, 4.69) is 4.98 Å². The topological polar surface area (TPSA) is 57.4 Å². The van der Waals surface area contributed by atoms with Crippen molar-refractivity contribution in [3.63, 3.8) is 0 Å². The minimum atomic E-state index is 0.615. The van der Waals surface area contributed by atoms with Gasteiger partial charge in [-0.1, -0.05) is 0 Å². The highest BCUT2D eigenvalue weighted by atomic mass is 16.5. The lowest BCUT2D eigenvalue weighted by molar-refractivity contribution is 0.172. The number of nitrogens with two attached hydrogens (primary N) is 1. The predicted octanol–water partition coefficient (Wildman–Crippen LogP) is 1.08. The smallest absolute Gasteiger partial charge is 0.139 e. The molecule has 0 saturated heterocycles. The van der Waals surface area contributed by atoms with Crippen LogP contribution in [0, 0.1) is 0 Å². The lowest BCUT2D eigenvalue weighted by Crippen LogP contribution is -2.01. The van der Waals surface area contributed by atoms with Gasteiger partial charge in [0.1, 0.15) is 5.75 Å². The quantitative estimate of drug-likeness (QED) is 0.692. The highest BCUT2D eigenvalue weighted by Crippen LogP contribution is 2.11. The maximum atomic E-state index is 5.52. The number of hydrogen-bond donors (Lipinski definition) is 1. The Balaban J connectivity index is 2.28. The number of methoxy groups -OCH3 is 1. The van der Waals surface area contributed by atoms with Crippen molar-refractivity contribution in [3.05, 3.63) is 18.5 Å². The zero-order valence-electron chi connectivity index (χ0n) is 7.69. The van der Waals surface area contributed by atoms with E-state index in [0.717, 1.165) is 6.42 Å². The number of anilines is 1. The van der Waals surface area contributed by atoms with E-state index in [4.69, 9.17) is 15.2 Å². The zero-order chi connectivity index (χ0) is 9.52. The van der Waals surface area contributed by atoms with Gasteiger partial charge in [0.25, 0.3) is 0 Å². The van der Waals surface area contributed by atoms with Crippen LogP contribution in [0.3, 0.4) is 0 Å². The SMILES string of the molecule is COCCCOc1cncc(N)c1. The number of nitrogens with zero attached hydrogens (tertiary/aromatic N) is 1. The Morgan fingerprint density at radius 2 is 2.23 bits per heavy atom. The molecule has 0 aliphatic rings. The van der Waals surface area contributed by atoms with Crippen molar-refractivity contribution >= 4 is 5.69 Å². The first-order valence-electron chi connectivity index (χ1n) is 4.15. The summed E-state index contributed by atoms with van der Waals surface area (Å²) >= 11 is 0. The fourth-order valence-corrected chi connectivity index (χ4v) is 0.908. The van der Waals surface area contributed by atoms with Crippen LogP contribution < -0.4 is 10.5 Å². The third-order valence-corrected chi connectivity index (χ3v) is 1.50. The van der Waals surface area contributed by atoms with Gasteiger partial charge in [-0.25, -0.2) is 0 Å². The van der Waals surface area contributed by atoms with Gasteiger partial charge in [0, 0.05) is 26.2 Å². The van der Waals surface area contributed by atoms with Gasteiger partial charge in [0.2, 0.25) is 0 Å². The molecular formula is C9H14N2O2. The fourth-order valence-electron chi connectivity index (χ4n) is 0.908. The summed E-state index contributed by atoms with van der Waals surface area (Å²) in [6.07, 6.45) is 4.09. The lowest BCUT2D eigenvalue weighted by atomic mass is 10.4. The molecule has 0 spiro atoms. The second kappa shape index (κ2) is 5.37. The molecule has 4 nitrogen and oxygen atoms in total. The molecule has 72 valence electrons. The van der Waals surface area contributed by atoms with Crippen molar-refractivity contribution in [3.8, 4) is 5.75 Å². The van der Waals surface area contributed by atoms with E-state index >= 15 is 0 Å². The number of ether oxygens (including phenoxy) is 2. The van der Waals surface area contributed by atoms with Crippen LogP contribution in [0.5, 0.6) is 5.75 Å². The number of pyridine rings is 1.